The molecule has 0 radical (unpaired) electrons. The second-order valence-corrected chi connectivity index (χ2v) is 4.25. The molecule has 98 valence electrons. The lowest BCUT2D eigenvalue weighted by Gasteiger charge is -2.11. The summed E-state index contributed by atoms with van der Waals surface area (Å²) in [5, 5.41) is 2.81. The Morgan fingerprint density at radius 3 is 2.37 bits per heavy atom. The van der Waals surface area contributed by atoms with E-state index in [9.17, 15) is 13.2 Å². The first-order valence-corrected chi connectivity index (χ1v) is 5.69. The third-order valence-corrected chi connectivity index (χ3v) is 2.67. The molecule has 2 aromatic carbocycles. The average molecular weight is 282 g/mol. The van der Waals surface area contributed by atoms with Crippen LogP contribution in [0.2, 0.25) is 0 Å². The van der Waals surface area contributed by atoms with E-state index in [0.29, 0.717) is 16.9 Å². The van der Waals surface area contributed by atoms with E-state index < -0.39 is 17.5 Å². The van der Waals surface area contributed by atoms with Crippen molar-refractivity contribution in [2.24, 2.45) is 5.73 Å². The standard InChI is InChI=1S/C13H9F3N2S/c14-7-1-4-12(9(5-7)13(17)19)18-8-2-3-10(15)11(16)6-8/h1-6,18H,(H2,17,19). The molecule has 0 aliphatic carbocycles. The van der Waals surface area contributed by atoms with Crippen LogP contribution >= 0.6 is 12.2 Å². The zero-order valence-corrected chi connectivity index (χ0v) is 10.4. The summed E-state index contributed by atoms with van der Waals surface area (Å²) in [6.07, 6.45) is 0. The van der Waals surface area contributed by atoms with Crippen molar-refractivity contribution in [2.75, 3.05) is 5.32 Å². The average Bonchev–Trinajstić information content (AvgIpc) is 2.36. The van der Waals surface area contributed by atoms with Crippen molar-refractivity contribution in [1.29, 1.82) is 0 Å². The lowest BCUT2D eigenvalue weighted by molar-refractivity contribution is 0.509. The summed E-state index contributed by atoms with van der Waals surface area (Å²) < 4.78 is 39.0. The molecule has 0 aliphatic heterocycles. The molecule has 0 saturated heterocycles. The van der Waals surface area contributed by atoms with Gasteiger partial charge in [-0.1, -0.05) is 12.2 Å². The van der Waals surface area contributed by atoms with Gasteiger partial charge in [-0.2, -0.15) is 0 Å². The molecule has 0 aliphatic rings. The molecule has 0 atom stereocenters. The Labute approximate surface area is 113 Å². The van der Waals surface area contributed by atoms with Crippen LogP contribution in [0, 0.1) is 17.5 Å². The number of nitrogens with two attached hydrogens (primary N) is 1. The highest BCUT2D eigenvalue weighted by Crippen LogP contribution is 2.23. The second-order valence-electron chi connectivity index (χ2n) is 3.81. The van der Waals surface area contributed by atoms with Crippen LogP contribution in [0.15, 0.2) is 36.4 Å². The van der Waals surface area contributed by atoms with E-state index in [-0.39, 0.29) is 4.99 Å². The van der Waals surface area contributed by atoms with Crippen molar-refractivity contribution in [3.63, 3.8) is 0 Å². The maximum Gasteiger partial charge on any atom is 0.160 e. The van der Waals surface area contributed by atoms with Gasteiger partial charge in [0.25, 0.3) is 0 Å². The van der Waals surface area contributed by atoms with Crippen molar-refractivity contribution >= 4 is 28.6 Å². The van der Waals surface area contributed by atoms with Gasteiger partial charge in [0.1, 0.15) is 10.8 Å². The van der Waals surface area contributed by atoms with Crippen molar-refractivity contribution < 1.29 is 13.2 Å². The summed E-state index contributed by atoms with van der Waals surface area (Å²) in [7, 11) is 0. The highest BCUT2D eigenvalue weighted by molar-refractivity contribution is 7.80. The van der Waals surface area contributed by atoms with Crippen LogP contribution < -0.4 is 11.1 Å². The first-order valence-electron chi connectivity index (χ1n) is 5.29. The Hall–Kier alpha value is -2.08. The summed E-state index contributed by atoms with van der Waals surface area (Å²) in [5.41, 5.74) is 6.50. The summed E-state index contributed by atoms with van der Waals surface area (Å²) in [6, 6.07) is 7.13. The Kier molecular flexibility index (Phi) is 3.71. The smallest absolute Gasteiger partial charge is 0.160 e. The SMILES string of the molecule is NC(=S)c1cc(F)ccc1Nc1ccc(F)c(F)c1. The van der Waals surface area contributed by atoms with E-state index in [2.05, 4.69) is 5.32 Å². The maximum atomic E-state index is 13.1. The largest absolute Gasteiger partial charge is 0.389 e. The summed E-state index contributed by atoms with van der Waals surface area (Å²) >= 11 is 4.81. The minimum atomic E-state index is -0.982. The van der Waals surface area contributed by atoms with Gasteiger partial charge in [0.05, 0.1) is 0 Å². The summed E-state index contributed by atoms with van der Waals surface area (Å²) in [6.45, 7) is 0. The molecule has 0 saturated carbocycles. The number of hydrogen-bond acceptors (Lipinski definition) is 2. The van der Waals surface area contributed by atoms with E-state index in [1.807, 2.05) is 0 Å². The van der Waals surface area contributed by atoms with E-state index in [0.717, 1.165) is 12.1 Å². The first-order chi connectivity index (χ1) is 8.97. The molecule has 0 spiro atoms. The van der Waals surface area contributed by atoms with Crippen LogP contribution in [-0.2, 0) is 0 Å². The second kappa shape index (κ2) is 5.27. The van der Waals surface area contributed by atoms with E-state index >= 15 is 0 Å². The van der Waals surface area contributed by atoms with Crippen molar-refractivity contribution in [1.82, 2.24) is 0 Å². The monoisotopic (exact) mass is 282 g/mol. The van der Waals surface area contributed by atoms with Gasteiger partial charge in [0.2, 0.25) is 0 Å². The molecule has 2 aromatic rings. The molecular formula is C13H9F3N2S. The first kappa shape index (κ1) is 13.4. The third-order valence-electron chi connectivity index (χ3n) is 2.45. The molecule has 6 heteroatoms. The number of benzene rings is 2. The van der Waals surface area contributed by atoms with Crippen LogP contribution in [0.4, 0.5) is 24.5 Å². The molecule has 0 unspecified atom stereocenters. The fourth-order valence-corrected chi connectivity index (χ4v) is 1.73. The number of rotatable bonds is 3. The zero-order chi connectivity index (χ0) is 14.0. The van der Waals surface area contributed by atoms with Gasteiger partial charge in [-0.05, 0) is 30.3 Å². The Bertz CT molecular complexity index is 644. The Morgan fingerprint density at radius 2 is 1.74 bits per heavy atom. The van der Waals surface area contributed by atoms with Gasteiger partial charge < -0.3 is 11.1 Å². The molecule has 2 nitrogen and oxygen atoms in total. The van der Waals surface area contributed by atoms with Gasteiger partial charge in [-0.3, -0.25) is 0 Å². The fraction of sp³-hybridized carbons (Fsp3) is 0. The Balaban J connectivity index is 2.37. The minimum Gasteiger partial charge on any atom is -0.389 e. The molecule has 3 N–H and O–H groups in total. The lowest BCUT2D eigenvalue weighted by Crippen LogP contribution is -2.12. The molecular weight excluding hydrogens is 273 g/mol. The van der Waals surface area contributed by atoms with Gasteiger partial charge in [0, 0.05) is 23.0 Å². The molecule has 2 rings (SSSR count). The number of anilines is 2. The number of halogens is 3. The lowest BCUT2D eigenvalue weighted by atomic mass is 10.1. The third kappa shape index (κ3) is 3.03. The van der Waals surface area contributed by atoms with Gasteiger partial charge in [-0.25, -0.2) is 13.2 Å². The number of hydrogen-bond donors (Lipinski definition) is 2. The molecule has 0 aromatic heterocycles. The van der Waals surface area contributed by atoms with Gasteiger partial charge in [0.15, 0.2) is 11.6 Å². The summed E-state index contributed by atoms with van der Waals surface area (Å²) in [4.78, 5) is 0.00424. The molecule has 0 fully saturated rings. The number of thiocarbonyl (C=S) groups is 1. The van der Waals surface area contributed by atoms with Gasteiger partial charge >= 0.3 is 0 Å². The normalized spacial score (nSPS) is 10.3. The number of nitrogens with one attached hydrogen (secondary N) is 1. The van der Waals surface area contributed by atoms with Crippen LogP contribution in [0.5, 0.6) is 0 Å². The van der Waals surface area contributed by atoms with E-state index in [1.54, 1.807) is 0 Å². The van der Waals surface area contributed by atoms with Crippen molar-refractivity contribution in [3.8, 4) is 0 Å². The highest BCUT2D eigenvalue weighted by Gasteiger charge is 2.08. The predicted molar refractivity (Wildman–Crippen MR) is 71.9 cm³/mol. The highest BCUT2D eigenvalue weighted by atomic mass is 32.1. The van der Waals surface area contributed by atoms with Crippen LogP contribution in [0.3, 0.4) is 0 Å². The molecule has 0 heterocycles. The van der Waals surface area contributed by atoms with Crippen LogP contribution in [0.1, 0.15) is 5.56 Å². The maximum absolute atomic E-state index is 13.1. The van der Waals surface area contributed by atoms with E-state index in [4.69, 9.17) is 18.0 Å². The quantitative estimate of drug-likeness (QED) is 0.846. The minimum absolute atomic E-state index is 0.00424. The molecule has 0 amide bonds. The van der Waals surface area contributed by atoms with Crippen LogP contribution in [-0.4, -0.2) is 4.99 Å². The molecule has 19 heavy (non-hydrogen) atoms. The Morgan fingerprint density at radius 1 is 1.00 bits per heavy atom. The zero-order valence-electron chi connectivity index (χ0n) is 9.58. The van der Waals surface area contributed by atoms with Gasteiger partial charge in [-0.15, -0.1) is 0 Å². The fourth-order valence-electron chi connectivity index (χ4n) is 1.56. The molecule has 0 bridgehead atoms. The summed E-state index contributed by atoms with van der Waals surface area (Å²) in [5.74, 6) is -2.41. The topological polar surface area (TPSA) is 38.0 Å². The van der Waals surface area contributed by atoms with Crippen LogP contribution in [0.25, 0.3) is 0 Å². The predicted octanol–water partition coefficient (Wildman–Crippen LogP) is 3.48. The van der Waals surface area contributed by atoms with Crippen molar-refractivity contribution in [2.45, 2.75) is 0 Å². The van der Waals surface area contributed by atoms with E-state index in [1.165, 1.54) is 24.3 Å². The van der Waals surface area contributed by atoms with Crippen molar-refractivity contribution in [3.05, 3.63) is 59.4 Å².